The second-order valence-electron chi connectivity index (χ2n) is 3.96. The van der Waals surface area contributed by atoms with Crippen molar-refractivity contribution < 1.29 is 19.4 Å². The van der Waals surface area contributed by atoms with E-state index in [0.29, 0.717) is 24.0 Å². The summed E-state index contributed by atoms with van der Waals surface area (Å²) in [6.07, 6.45) is 0.443. The lowest BCUT2D eigenvalue weighted by molar-refractivity contribution is -0.134. The summed E-state index contributed by atoms with van der Waals surface area (Å²) in [5, 5.41) is 8.91. The summed E-state index contributed by atoms with van der Waals surface area (Å²) in [5.41, 5.74) is 0.826. The van der Waals surface area contributed by atoms with Crippen LogP contribution >= 0.6 is 0 Å². The Kier molecular flexibility index (Phi) is 4.67. The number of rotatable bonds is 7. The standard InChI is InChI=1S/C13H14N2O5/c16-7-3-6-15-11-5-2-1-4-10(11)14-12(13(15)18)20-9-19-8-17/h1-2,4-5,8,16H,3,6-7,9H2. The topological polar surface area (TPSA) is 90.7 Å². The molecule has 106 valence electrons. The molecule has 2 rings (SSSR count). The van der Waals surface area contributed by atoms with Crippen LogP contribution in [-0.4, -0.2) is 34.5 Å². The van der Waals surface area contributed by atoms with E-state index in [-0.39, 0.29) is 25.8 Å². The van der Waals surface area contributed by atoms with Crippen molar-refractivity contribution in [1.29, 1.82) is 0 Å². The predicted octanol–water partition coefficient (Wildman–Crippen LogP) is 0.288. The zero-order valence-corrected chi connectivity index (χ0v) is 10.7. The van der Waals surface area contributed by atoms with Gasteiger partial charge in [0, 0.05) is 13.2 Å². The van der Waals surface area contributed by atoms with E-state index in [1.165, 1.54) is 4.57 Å². The van der Waals surface area contributed by atoms with Crippen molar-refractivity contribution in [1.82, 2.24) is 9.55 Å². The number of ether oxygens (including phenoxy) is 2. The third-order valence-electron chi connectivity index (χ3n) is 2.69. The van der Waals surface area contributed by atoms with E-state index in [0.717, 1.165) is 0 Å². The summed E-state index contributed by atoms with van der Waals surface area (Å²) in [6.45, 7) is 0.187. The van der Waals surface area contributed by atoms with Gasteiger partial charge in [-0.3, -0.25) is 9.59 Å². The van der Waals surface area contributed by atoms with E-state index >= 15 is 0 Å². The Bertz CT molecular complexity index is 653. The van der Waals surface area contributed by atoms with Crippen LogP contribution < -0.4 is 10.3 Å². The number of aliphatic hydroxyl groups is 1. The highest BCUT2D eigenvalue weighted by atomic mass is 16.7. The Morgan fingerprint density at radius 2 is 2.15 bits per heavy atom. The van der Waals surface area contributed by atoms with Crippen LogP contribution in [0, 0.1) is 0 Å². The van der Waals surface area contributed by atoms with Crippen LogP contribution in [0.15, 0.2) is 29.1 Å². The lowest BCUT2D eigenvalue weighted by Crippen LogP contribution is -2.25. The van der Waals surface area contributed by atoms with E-state index in [9.17, 15) is 9.59 Å². The highest BCUT2D eigenvalue weighted by Crippen LogP contribution is 2.13. The third-order valence-corrected chi connectivity index (χ3v) is 2.69. The lowest BCUT2D eigenvalue weighted by atomic mass is 10.3. The van der Waals surface area contributed by atoms with Gasteiger partial charge in [-0.15, -0.1) is 0 Å². The molecule has 1 N–H and O–H groups in total. The first-order valence-electron chi connectivity index (χ1n) is 6.06. The summed E-state index contributed by atoms with van der Waals surface area (Å²) in [4.78, 5) is 26.4. The molecule has 1 heterocycles. The first kappa shape index (κ1) is 14.0. The molecule has 0 bridgehead atoms. The summed E-state index contributed by atoms with van der Waals surface area (Å²) in [6, 6.07) is 7.11. The first-order valence-corrected chi connectivity index (χ1v) is 6.06. The molecule has 0 radical (unpaired) electrons. The van der Waals surface area contributed by atoms with Crippen LogP contribution in [-0.2, 0) is 16.1 Å². The second-order valence-corrected chi connectivity index (χ2v) is 3.96. The van der Waals surface area contributed by atoms with Crippen LogP contribution in [0.3, 0.4) is 0 Å². The molecule has 0 aliphatic rings. The minimum absolute atomic E-state index is 0.0203. The molecule has 0 unspecified atom stereocenters. The Labute approximate surface area is 114 Å². The van der Waals surface area contributed by atoms with Gasteiger partial charge in [0.25, 0.3) is 12.4 Å². The average Bonchev–Trinajstić information content (AvgIpc) is 2.47. The largest absolute Gasteiger partial charge is 0.436 e. The van der Waals surface area contributed by atoms with Gasteiger partial charge in [0.15, 0.2) is 0 Å². The van der Waals surface area contributed by atoms with Crippen molar-refractivity contribution in [2.24, 2.45) is 0 Å². The number of para-hydroxylation sites is 2. The van der Waals surface area contributed by atoms with Gasteiger partial charge in [0.05, 0.1) is 11.0 Å². The van der Waals surface area contributed by atoms with E-state index in [2.05, 4.69) is 9.72 Å². The zero-order valence-electron chi connectivity index (χ0n) is 10.7. The second kappa shape index (κ2) is 6.67. The fourth-order valence-electron chi connectivity index (χ4n) is 1.83. The molecule has 0 saturated carbocycles. The van der Waals surface area contributed by atoms with Gasteiger partial charge < -0.3 is 19.1 Å². The molecule has 0 aliphatic carbocycles. The predicted molar refractivity (Wildman–Crippen MR) is 70.3 cm³/mol. The Morgan fingerprint density at radius 1 is 1.35 bits per heavy atom. The molecule has 7 heteroatoms. The fourth-order valence-corrected chi connectivity index (χ4v) is 1.83. The summed E-state index contributed by atoms with van der Waals surface area (Å²) < 4.78 is 10.9. The maximum absolute atomic E-state index is 12.2. The summed E-state index contributed by atoms with van der Waals surface area (Å²) in [7, 11) is 0. The molecule has 2 aromatic rings. The van der Waals surface area contributed by atoms with Crippen LogP contribution in [0.4, 0.5) is 0 Å². The van der Waals surface area contributed by atoms with Crippen molar-refractivity contribution in [3.8, 4) is 5.88 Å². The number of carbonyl (C=O) groups is 1. The van der Waals surface area contributed by atoms with Crippen LogP contribution in [0.1, 0.15) is 6.42 Å². The van der Waals surface area contributed by atoms with Crippen molar-refractivity contribution in [2.75, 3.05) is 13.4 Å². The molecule has 0 saturated heterocycles. The zero-order chi connectivity index (χ0) is 14.4. The van der Waals surface area contributed by atoms with Crippen molar-refractivity contribution >= 4 is 17.5 Å². The highest BCUT2D eigenvalue weighted by Gasteiger charge is 2.11. The van der Waals surface area contributed by atoms with Crippen LogP contribution in [0.25, 0.3) is 11.0 Å². The van der Waals surface area contributed by atoms with Gasteiger partial charge in [-0.2, -0.15) is 0 Å². The highest BCUT2D eigenvalue weighted by molar-refractivity contribution is 5.75. The molecular formula is C13H14N2O5. The Balaban J connectivity index is 2.45. The Morgan fingerprint density at radius 3 is 2.90 bits per heavy atom. The van der Waals surface area contributed by atoms with Crippen molar-refractivity contribution in [3.05, 3.63) is 34.6 Å². The molecule has 20 heavy (non-hydrogen) atoms. The maximum atomic E-state index is 12.2. The molecule has 1 aromatic carbocycles. The fraction of sp³-hybridized carbons (Fsp3) is 0.308. The number of fused-ring (bicyclic) bond motifs is 1. The summed E-state index contributed by atoms with van der Waals surface area (Å²) >= 11 is 0. The Hall–Kier alpha value is -2.41. The van der Waals surface area contributed by atoms with Gasteiger partial charge in [0.1, 0.15) is 0 Å². The van der Waals surface area contributed by atoms with E-state index in [1.54, 1.807) is 24.3 Å². The molecule has 0 aliphatic heterocycles. The van der Waals surface area contributed by atoms with E-state index in [4.69, 9.17) is 9.84 Å². The minimum Gasteiger partial charge on any atom is -0.436 e. The number of nitrogens with zero attached hydrogens (tertiary/aromatic N) is 2. The van der Waals surface area contributed by atoms with Gasteiger partial charge in [0.2, 0.25) is 6.79 Å². The average molecular weight is 278 g/mol. The third kappa shape index (κ3) is 2.94. The van der Waals surface area contributed by atoms with Gasteiger partial charge in [-0.05, 0) is 18.6 Å². The normalized spacial score (nSPS) is 10.4. The van der Waals surface area contributed by atoms with E-state index < -0.39 is 5.56 Å². The monoisotopic (exact) mass is 278 g/mol. The first-order chi connectivity index (χ1) is 9.77. The van der Waals surface area contributed by atoms with Gasteiger partial charge >= 0.3 is 5.56 Å². The van der Waals surface area contributed by atoms with Crippen LogP contribution in [0.5, 0.6) is 5.88 Å². The number of benzene rings is 1. The molecule has 0 spiro atoms. The minimum atomic E-state index is -0.424. The molecule has 7 nitrogen and oxygen atoms in total. The van der Waals surface area contributed by atoms with Crippen LogP contribution in [0.2, 0.25) is 0 Å². The summed E-state index contributed by atoms with van der Waals surface area (Å²) in [5.74, 6) is -0.136. The molecular weight excluding hydrogens is 264 g/mol. The number of carbonyl (C=O) groups excluding carboxylic acids is 1. The number of aryl methyl sites for hydroxylation is 1. The number of aromatic nitrogens is 2. The number of hydrogen-bond acceptors (Lipinski definition) is 6. The lowest BCUT2D eigenvalue weighted by Gasteiger charge is -2.11. The molecule has 0 atom stereocenters. The van der Waals surface area contributed by atoms with E-state index in [1.807, 2.05) is 0 Å². The SMILES string of the molecule is O=COCOc1nc2ccccc2n(CCCO)c1=O. The maximum Gasteiger partial charge on any atom is 0.313 e. The van der Waals surface area contributed by atoms with Crippen molar-refractivity contribution in [3.63, 3.8) is 0 Å². The van der Waals surface area contributed by atoms with Gasteiger partial charge in [-0.25, -0.2) is 4.98 Å². The smallest absolute Gasteiger partial charge is 0.313 e. The number of hydrogen-bond donors (Lipinski definition) is 1. The molecule has 1 aromatic heterocycles. The van der Waals surface area contributed by atoms with Gasteiger partial charge in [-0.1, -0.05) is 12.1 Å². The van der Waals surface area contributed by atoms with Crippen molar-refractivity contribution in [2.45, 2.75) is 13.0 Å². The number of aliphatic hydroxyl groups excluding tert-OH is 1. The quantitative estimate of drug-likeness (QED) is 0.444. The molecule has 0 fully saturated rings. The molecule has 0 amide bonds.